The number of methoxy groups -OCH3 is 1. The predicted octanol–water partition coefficient (Wildman–Crippen LogP) is 4.22. The Labute approximate surface area is 179 Å². The van der Waals surface area contributed by atoms with E-state index in [0.717, 1.165) is 27.6 Å². The highest BCUT2D eigenvalue weighted by atomic mass is 32.1. The molecule has 30 heavy (non-hydrogen) atoms. The third-order valence-electron chi connectivity index (χ3n) is 5.06. The molecule has 0 N–H and O–H groups in total. The standard InChI is InChI=1S/C23H22N2O4S/c1-15-7-9-18(10-8-15)25-12-16(11-21(25)26)23(27)29-13-17-14-30-22(24-17)19-5-3-4-6-20(19)28-2/h3-10,14,16H,11-13H2,1-2H3. The molecule has 6 nitrogen and oxygen atoms in total. The zero-order valence-electron chi connectivity index (χ0n) is 16.8. The molecule has 1 atom stereocenters. The van der Waals surface area contributed by atoms with Crippen LogP contribution in [0.2, 0.25) is 0 Å². The van der Waals surface area contributed by atoms with E-state index in [1.807, 2.05) is 60.8 Å². The van der Waals surface area contributed by atoms with Crippen molar-refractivity contribution in [2.75, 3.05) is 18.6 Å². The Bertz CT molecular complexity index is 1060. The maximum atomic E-state index is 12.5. The third kappa shape index (κ3) is 4.21. The normalized spacial score (nSPS) is 16.0. The number of aryl methyl sites for hydroxylation is 1. The van der Waals surface area contributed by atoms with Gasteiger partial charge in [0.05, 0.1) is 24.3 Å². The fraction of sp³-hybridized carbons (Fsp3) is 0.261. The van der Waals surface area contributed by atoms with Gasteiger partial charge in [0.15, 0.2) is 0 Å². The summed E-state index contributed by atoms with van der Waals surface area (Å²) in [6, 6.07) is 15.4. The molecule has 1 saturated heterocycles. The lowest BCUT2D eigenvalue weighted by Gasteiger charge is -2.16. The quantitative estimate of drug-likeness (QED) is 0.556. The number of amides is 1. The summed E-state index contributed by atoms with van der Waals surface area (Å²) in [6.07, 6.45) is 0.163. The first-order valence-electron chi connectivity index (χ1n) is 9.66. The largest absolute Gasteiger partial charge is 0.496 e. The van der Waals surface area contributed by atoms with Gasteiger partial charge in [-0.25, -0.2) is 4.98 Å². The summed E-state index contributed by atoms with van der Waals surface area (Å²) < 4.78 is 10.8. The predicted molar refractivity (Wildman–Crippen MR) is 116 cm³/mol. The number of para-hydroxylation sites is 1. The molecule has 4 rings (SSSR count). The molecular weight excluding hydrogens is 400 g/mol. The number of ether oxygens (including phenoxy) is 2. The Kier molecular flexibility index (Phi) is 5.81. The van der Waals surface area contributed by atoms with E-state index in [4.69, 9.17) is 9.47 Å². The zero-order chi connectivity index (χ0) is 21.1. The fourth-order valence-corrected chi connectivity index (χ4v) is 4.25. The number of nitrogens with zero attached hydrogens (tertiary/aromatic N) is 2. The molecule has 2 heterocycles. The van der Waals surface area contributed by atoms with Gasteiger partial charge in [0, 0.05) is 24.0 Å². The van der Waals surface area contributed by atoms with Gasteiger partial charge in [-0.1, -0.05) is 29.8 Å². The van der Waals surface area contributed by atoms with Crippen molar-refractivity contribution in [2.45, 2.75) is 20.0 Å². The number of carbonyl (C=O) groups is 2. The van der Waals surface area contributed by atoms with Gasteiger partial charge >= 0.3 is 5.97 Å². The van der Waals surface area contributed by atoms with E-state index in [1.54, 1.807) is 12.0 Å². The van der Waals surface area contributed by atoms with Crippen LogP contribution in [0.5, 0.6) is 5.75 Å². The maximum absolute atomic E-state index is 12.5. The second kappa shape index (κ2) is 8.67. The number of hydrogen-bond acceptors (Lipinski definition) is 6. The molecule has 0 spiro atoms. The minimum atomic E-state index is -0.467. The topological polar surface area (TPSA) is 68.7 Å². The van der Waals surface area contributed by atoms with Crippen molar-refractivity contribution in [1.29, 1.82) is 0 Å². The lowest BCUT2D eigenvalue weighted by molar-refractivity contribution is -0.149. The summed E-state index contributed by atoms with van der Waals surface area (Å²) in [5, 5.41) is 2.67. The number of carbonyl (C=O) groups excluding carboxylic acids is 2. The van der Waals surface area contributed by atoms with Crippen LogP contribution in [0.15, 0.2) is 53.9 Å². The Hall–Kier alpha value is -3.19. The molecule has 2 aromatic carbocycles. The van der Waals surface area contributed by atoms with Crippen molar-refractivity contribution in [1.82, 2.24) is 4.98 Å². The number of benzene rings is 2. The highest BCUT2D eigenvalue weighted by Crippen LogP contribution is 2.32. The number of aromatic nitrogens is 1. The van der Waals surface area contributed by atoms with Gasteiger partial charge in [-0.15, -0.1) is 11.3 Å². The van der Waals surface area contributed by atoms with Crippen LogP contribution in [0.4, 0.5) is 5.69 Å². The van der Waals surface area contributed by atoms with Crippen molar-refractivity contribution in [2.24, 2.45) is 5.92 Å². The second-order valence-corrected chi connectivity index (χ2v) is 8.05. The fourth-order valence-electron chi connectivity index (χ4n) is 3.42. The average Bonchev–Trinajstić information content (AvgIpc) is 3.39. The van der Waals surface area contributed by atoms with E-state index in [2.05, 4.69) is 4.98 Å². The molecule has 0 aliphatic carbocycles. The first-order chi connectivity index (χ1) is 14.5. The Morgan fingerprint density at radius 2 is 1.97 bits per heavy atom. The van der Waals surface area contributed by atoms with Crippen LogP contribution in [-0.2, 0) is 20.9 Å². The molecule has 7 heteroatoms. The summed E-state index contributed by atoms with van der Waals surface area (Å²) in [6.45, 7) is 2.41. The summed E-state index contributed by atoms with van der Waals surface area (Å²) in [4.78, 5) is 31.1. The maximum Gasteiger partial charge on any atom is 0.311 e. The molecule has 1 aliphatic rings. The van der Waals surface area contributed by atoms with Crippen molar-refractivity contribution in [3.8, 4) is 16.3 Å². The van der Waals surface area contributed by atoms with Crippen molar-refractivity contribution in [3.63, 3.8) is 0 Å². The van der Waals surface area contributed by atoms with E-state index < -0.39 is 5.92 Å². The lowest BCUT2D eigenvalue weighted by Crippen LogP contribution is -2.26. The molecule has 1 aromatic heterocycles. The van der Waals surface area contributed by atoms with Crippen LogP contribution in [0, 0.1) is 12.8 Å². The van der Waals surface area contributed by atoms with E-state index in [0.29, 0.717) is 12.2 Å². The summed E-state index contributed by atoms with van der Waals surface area (Å²) >= 11 is 1.47. The molecule has 1 amide bonds. The number of hydrogen-bond donors (Lipinski definition) is 0. The van der Waals surface area contributed by atoms with E-state index in [9.17, 15) is 9.59 Å². The molecule has 0 saturated carbocycles. The molecule has 1 fully saturated rings. The monoisotopic (exact) mass is 422 g/mol. The molecule has 154 valence electrons. The van der Waals surface area contributed by atoms with E-state index >= 15 is 0 Å². The number of thiazole rings is 1. The van der Waals surface area contributed by atoms with Gasteiger partial charge in [0.1, 0.15) is 17.4 Å². The summed E-state index contributed by atoms with van der Waals surface area (Å²) in [7, 11) is 1.62. The highest BCUT2D eigenvalue weighted by Gasteiger charge is 2.36. The minimum Gasteiger partial charge on any atom is -0.496 e. The highest BCUT2D eigenvalue weighted by molar-refractivity contribution is 7.13. The van der Waals surface area contributed by atoms with Gasteiger partial charge in [0.2, 0.25) is 5.91 Å². The van der Waals surface area contributed by atoms with Crippen molar-refractivity contribution >= 4 is 28.9 Å². The van der Waals surface area contributed by atoms with Crippen LogP contribution in [0.25, 0.3) is 10.6 Å². The average molecular weight is 423 g/mol. The van der Waals surface area contributed by atoms with Crippen LogP contribution in [0.3, 0.4) is 0 Å². The van der Waals surface area contributed by atoms with Crippen LogP contribution < -0.4 is 9.64 Å². The molecule has 0 bridgehead atoms. The van der Waals surface area contributed by atoms with Gasteiger partial charge < -0.3 is 14.4 Å². The first-order valence-corrected chi connectivity index (χ1v) is 10.5. The Morgan fingerprint density at radius 3 is 2.73 bits per heavy atom. The zero-order valence-corrected chi connectivity index (χ0v) is 17.6. The molecule has 1 unspecified atom stereocenters. The van der Waals surface area contributed by atoms with Gasteiger partial charge in [-0.3, -0.25) is 9.59 Å². The molecule has 0 radical (unpaired) electrons. The molecule has 1 aliphatic heterocycles. The summed E-state index contributed by atoms with van der Waals surface area (Å²) in [5.74, 6) is -0.153. The van der Waals surface area contributed by atoms with Crippen LogP contribution in [0.1, 0.15) is 17.7 Å². The number of anilines is 1. The van der Waals surface area contributed by atoms with Crippen LogP contribution in [-0.4, -0.2) is 30.5 Å². The summed E-state index contributed by atoms with van der Waals surface area (Å²) in [5.41, 5.74) is 3.51. The van der Waals surface area contributed by atoms with Gasteiger partial charge in [-0.2, -0.15) is 0 Å². The van der Waals surface area contributed by atoms with E-state index in [1.165, 1.54) is 11.3 Å². The third-order valence-corrected chi connectivity index (χ3v) is 5.98. The van der Waals surface area contributed by atoms with Crippen molar-refractivity contribution < 1.29 is 19.1 Å². The molecule has 3 aromatic rings. The lowest BCUT2D eigenvalue weighted by atomic mass is 10.1. The minimum absolute atomic E-state index is 0.0621. The van der Waals surface area contributed by atoms with Gasteiger partial charge in [-0.05, 0) is 31.2 Å². The Morgan fingerprint density at radius 1 is 1.20 bits per heavy atom. The van der Waals surface area contributed by atoms with Crippen LogP contribution >= 0.6 is 11.3 Å². The number of esters is 1. The second-order valence-electron chi connectivity index (χ2n) is 7.19. The van der Waals surface area contributed by atoms with E-state index in [-0.39, 0.29) is 24.9 Å². The van der Waals surface area contributed by atoms with Crippen molar-refractivity contribution in [3.05, 3.63) is 65.2 Å². The SMILES string of the molecule is COc1ccccc1-c1nc(COC(=O)C2CC(=O)N(c3ccc(C)cc3)C2)cs1. The Balaban J connectivity index is 1.37. The van der Waals surface area contributed by atoms with Gasteiger partial charge in [0.25, 0.3) is 0 Å². The smallest absolute Gasteiger partial charge is 0.311 e. The number of rotatable bonds is 6. The molecular formula is C23H22N2O4S. The first kappa shape index (κ1) is 20.1.